The first kappa shape index (κ1) is 49.5. The summed E-state index contributed by atoms with van der Waals surface area (Å²) in [6, 6.07) is 0. The van der Waals surface area contributed by atoms with Crippen molar-refractivity contribution in [3.05, 3.63) is 130 Å². The summed E-state index contributed by atoms with van der Waals surface area (Å²) in [6.07, 6.45) is 29.3. The molecule has 2 aliphatic carbocycles. The minimum atomic E-state index is -0.756. The quantitative estimate of drug-likeness (QED) is 0.0681. The van der Waals surface area contributed by atoms with Gasteiger partial charge in [-0.2, -0.15) is 0 Å². The van der Waals surface area contributed by atoms with E-state index in [4.69, 9.17) is 18.9 Å². The SMILES string of the molecule is COCCCC(=O)OC1CC(C)(C)C(/C=C/C(C)=C/C=C/C(C)=C/C=C/C=C(C)/C=C/C=C(C)/C=C/C2=C(C)C(=O)C(OC(=O)CCCOC)CC2(C)C)=C(C)C1=O. The molecule has 2 aliphatic rings. The van der Waals surface area contributed by atoms with Crippen molar-refractivity contribution >= 4 is 23.5 Å². The standard InChI is InChI=1S/C50H68O8/c1-35(21-15-23-37(3)27-29-41-39(5)47(53)43(33-49(41,7)8)57-45(51)25-17-31-55-11)19-13-14-20-36(2)22-16-24-38(4)28-30-42-40(6)48(54)44(34-50(42,9)10)58-46(52)26-18-32-56-12/h13-16,19-24,27-30,43-44H,17-18,25-26,31-34H2,1-12H3/b14-13+,21-15+,22-16+,29-27+,30-28+,35-19+,36-20+,37-23+,38-24+. The van der Waals surface area contributed by atoms with Crippen molar-refractivity contribution in [1.82, 2.24) is 0 Å². The zero-order valence-electron chi connectivity index (χ0n) is 37.2. The van der Waals surface area contributed by atoms with Crippen LogP contribution in [0.5, 0.6) is 0 Å². The van der Waals surface area contributed by atoms with Crippen LogP contribution in [0.4, 0.5) is 0 Å². The van der Waals surface area contributed by atoms with Gasteiger partial charge in [0.2, 0.25) is 0 Å². The molecule has 58 heavy (non-hydrogen) atoms. The van der Waals surface area contributed by atoms with Crippen LogP contribution < -0.4 is 0 Å². The van der Waals surface area contributed by atoms with Gasteiger partial charge in [0, 0.05) is 53.1 Å². The van der Waals surface area contributed by atoms with Gasteiger partial charge in [0.25, 0.3) is 0 Å². The highest BCUT2D eigenvalue weighted by molar-refractivity contribution is 6.02. The van der Waals surface area contributed by atoms with Gasteiger partial charge in [-0.15, -0.1) is 0 Å². The molecule has 0 aliphatic heterocycles. The van der Waals surface area contributed by atoms with Gasteiger partial charge in [-0.1, -0.05) is 135 Å². The Morgan fingerprint density at radius 3 is 1.24 bits per heavy atom. The Kier molecular flexibility index (Phi) is 20.7. The van der Waals surface area contributed by atoms with E-state index < -0.39 is 12.2 Å². The third-order valence-corrected chi connectivity index (χ3v) is 10.3. The van der Waals surface area contributed by atoms with E-state index in [1.807, 2.05) is 127 Å². The minimum Gasteiger partial charge on any atom is -0.454 e. The first-order valence-electron chi connectivity index (χ1n) is 20.3. The zero-order valence-corrected chi connectivity index (χ0v) is 37.2. The van der Waals surface area contributed by atoms with Crippen LogP contribution in [0.2, 0.25) is 0 Å². The Morgan fingerprint density at radius 2 is 0.897 bits per heavy atom. The molecule has 316 valence electrons. The van der Waals surface area contributed by atoms with E-state index in [0.29, 0.717) is 50.0 Å². The summed E-state index contributed by atoms with van der Waals surface area (Å²) in [7, 11) is 3.18. The molecule has 0 bridgehead atoms. The van der Waals surface area contributed by atoms with E-state index in [2.05, 4.69) is 27.7 Å². The molecule has 0 saturated heterocycles. The van der Waals surface area contributed by atoms with E-state index in [0.717, 1.165) is 33.4 Å². The van der Waals surface area contributed by atoms with E-state index in [1.54, 1.807) is 14.2 Å². The number of hydrogen-bond donors (Lipinski definition) is 0. The molecular formula is C50H68O8. The van der Waals surface area contributed by atoms with Crippen LogP contribution in [0.1, 0.15) is 108 Å². The summed E-state index contributed by atoms with van der Waals surface area (Å²) in [5.41, 5.74) is 6.81. The molecule has 8 nitrogen and oxygen atoms in total. The maximum Gasteiger partial charge on any atom is 0.306 e. The second-order valence-electron chi connectivity index (χ2n) is 16.5. The summed E-state index contributed by atoms with van der Waals surface area (Å²) < 4.78 is 21.1. The van der Waals surface area contributed by atoms with Gasteiger partial charge < -0.3 is 18.9 Å². The molecule has 0 heterocycles. The average Bonchev–Trinajstić information content (AvgIpc) is 3.14. The molecule has 2 atom stereocenters. The van der Waals surface area contributed by atoms with Gasteiger partial charge >= 0.3 is 11.9 Å². The number of allylic oxidation sites excluding steroid dienone is 20. The number of esters is 2. The molecule has 0 aromatic heterocycles. The number of carbonyl (C=O) groups excluding carboxylic acids is 4. The molecule has 2 unspecified atom stereocenters. The second-order valence-corrected chi connectivity index (χ2v) is 16.5. The summed E-state index contributed by atoms with van der Waals surface area (Å²) in [5, 5.41) is 0. The fourth-order valence-corrected chi connectivity index (χ4v) is 6.91. The molecule has 2 rings (SSSR count). The molecule has 0 fully saturated rings. The summed E-state index contributed by atoms with van der Waals surface area (Å²) in [4.78, 5) is 50.7. The monoisotopic (exact) mass is 796 g/mol. The topological polar surface area (TPSA) is 105 Å². The Morgan fingerprint density at radius 1 is 0.569 bits per heavy atom. The average molecular weight is 797 g/mol. The van der Waals surface area contributed by atoms with Crippen molar-refractivity contribution in [2.75, 3.05) is 27.4 Å². The lowest BCUT2D eigenvalue weighted by atomic mass is 9.71. The van der Waals surface area contributed by atoms with Crippen LogP contribution in [0.25, 0.3) is 0 Å². The normalized spacial score (nSPS) is 21.2. The second kappa shape index (κ2) is 24.3. The van der Waals surface area contributed by atoms with Gasteiger partial charge in [-0.3, -0.25) is 19.2 Å². The number of Topliss-reactive ketones (excluding diaryl/α,β-unsaturated/α-hetero) is 2. The van der Waals surface area contributed by atoms with Crippen LogP contribution in [0.3, 0.4) is 0 Å². The third kappa shape index (κ3) is 16.7. The molecule has 0 aromatic rings. The Labute approximate surface area is 348 Å². The highest BCUT2D eigenvalue weighted by Crippen LogP contribution is 2.42. The highest BCUT2D eigenvalue weighted by atomic mass is 16.6. The Hall–Kier alpha value is -4.66. The number of hydrogen-bond acceptors (Lipinski definition) is 8. The maximum atomic E-state index is 13.1. The zero-order chi connectivity index (χ0) is 43.5. The fourth-order valence-electron chi connectivity index (χ4n) is 6.91. The molecule has 0 spiro atoms. The lowest BCUT2D eigenvalue weighted by Crippen LogP contribution is -2.39. The summed E-state index contributed by atoms with van der Waals surface area (Å²) >= 11 is 0. The highest BCUT2D eigenvalue weighted by Gasteiger charge is 2.41. The number of ether oxygens (including phenoxy) is 4. The van der Waals surface area contributed by atoms with E-state index in [1.165, 1.54) is 0 Å². The Bertz CT molecular complexity index is 1690. The number of ketones is 2. The first-order valence-corrected chi connectivity index (χ1v) is 20.3. The van der Waals surface area contributed by atoms with Gasteiger partial charge in [0.15, 0.2) is 23.8 Å². The third-order valence-electron chi connectivity index (χ3n) is 10.3. The van der Waals surface area contributed by atoms with Crippen molar-refractivity contribution in [3.8, 4) is 0 Å². The van der Waals surface area contributed by atoms with E-state index in [9.17, 15) is 19.2 Å². The lowest BCUT2D eigenvalue weighted by molar-refractivity contribution is -0.156. The smallest absolute Gasteiger partial charge is 0.306 e. The predicted molar refractivity (Wildman–Crippen MR) is 235 cm³/mol. The van der Waals surface area contributed by atoms with Gasteiger partial charge in [0.05, 0.1) is 0 Å². The van der Waals surface area contributed by atoms with Crippen LogP contribution in [0, 0.1) is 10.8 Å². The molecule has 8 heteroatoms. The largest absolute Gasteiger partial charge is 0.454 e. The molecule has 0 radical (unpaired) electrons. The van der Waals surface area contributed by atoms with Gasteiger partial charge in [-0.25, -0.2) is 0 Å². The van der Waals surface area contributed by atoms with Crippen molar-refractivity contribution in [3.63, 3.8) is 0 Å². The van der Waals surface area contributed by atoms with Crippen molar-refractivity contribution in [2.45, 2.75) is 120 Å². The molecule has 0 amide bonds. The lowest BCUT2D eigenvalue weighted by Gasteiger charge is -2.36. The fraction of sp³-hybridized carbons (Fsp3) is 0.480. The maximum absolute atomic E-state index is 13.1. The summed E-state index contributed by atoms with van der Waals surface area (Å²) in [6.45, 7) is 21.0. The summed E-state index contributed by atoms with van der Waals surface area (Å²) in [5.74, 6) is -0.999. The molecule has 0 aromatic carbocycles. The minimum absolute atomic E-state index is 0.133. The van der Waals surface area contributed by atoms with Crippen LogP contribution in [-0.2, 0) is 38.1 Å². The molecule has 0 saturated carbocycles. The number of carbonyl (C=O) groups is 4. The van der Waals surface area contributed by atoms with Gasteiger partial charge in [0.1, 0.15) is 0 Å². The van der Waals surface area contributed by atoms with Gasteiger partial charge in [-0.05, 0) is 87.5 Å². The van der Waals surface area contributed by atoms with Crippen LogP contribution in [-0.4, -0.2) is 63.1 Å². The number of rotatable bonds is 20. The first-order chi connectivity index (χ1) is 27.3. The molecular weight excluding hydrogens is 729 g/mol. The predicted octanol–water partition coefficient (Wildman–Crippen LogP) is 10.9. The van der Waals surface area contributed by atoms with E-state index in [-0.39, 0.29) is 47.2 Å². The van der Waals surface area contributed by atoms with Crippen molar-refractivity contribution in [2.24, 2.45) is 10.8 Å². The van der Waals surface area contributed by atoms with Crippen LogP contribution in [0.15, 0.2) is 130 Å². The van der Waals surface area contributed by atoms with Crippen molar-refractivity contribution < 1.29 is 38.1 Å². The molecule has 0 N–H and O–H groups in total. The van der Waals surface area contributed by atoms with E-state index >= 15 is 0 Å². The van der Waals surface area contributed by atoms with Crippen molar-refractivity contribution in [1.29, 1.82) is 0 Å². The van der Waals surface area contributed by atoms with Crippen LogP contribution >= 0.6 is 0 Å². The Balaban J connectivity index is 1.96. The number of methoxy groups -OCH3 is 2.